The minimum Gasteiger partial charge on any atom is -0.354 e. The Labute approximate surface area is 202 Å². The predicted octanol–water partition coefficient (Wildman–Crippen LogP) is 5.54. The lowest BCUT2D eigenvalue weighted by Crippen LogP contribution is -2.32. The number of benzene rings is 2. The van der Waals surface area contributed by atoms with Crippen LogP contribution in [0.3, 0.4) is 0 Å². The number of halogens is 3. The topological polar surface area (TPSA) is 58.1 Å². The van der Waals surface area contributed by atoms with Crippen molar-refractivity contribution in [2.75, 3.05) is 24.5 Å². The highest BCUT2D eigenvalue weighted by atomic mass is 19.4. The van der Waals surface area contributed by atoms with Crippen LogP contribution in [-0.4, -0.2) is 35.7 Å². The van der Waals surface area contributed by atoms with E-state index in [0.717, 1.165) is 24.5 Å². The SMILES string of the molecule is O=C(NCCCc1ccccc1)c1ccc(N2CCC(=Cc3ccccc3C(F)(F)F)CC2)nn1. The summed E-state index contributed by atoms with van der Waals surface area (Å²) in [4.78, 5) is 14.4. The minimum atomic E-state index is -4.38. The van der Waals surface area contributed by atoms with Crippen molar-refractivity contribution in [3.63, 3.8) is 0 Å². The highest BCUT2D eigenvalue weighted by Gasteiger charge is 2.32. The van der Waals surface area contributed by atoms with Gasteiger partial charge in [0.1, 0.15) is 0 Å². The number of aromatic nitrogens is 2. The monoisotopic (exact) mass is 480 g/mol. The number of hydrogen-bond donors (Lipinski definition) is 1. The summed E-state index contributed by atoms with van der Waals surface area (Å²) in [7, 11) is 0. The molecule has 35 heavy (non-hydrogen) atoms. The molecule has 3 aromatic rings. The largest absolute Gasteiger partial charge is 0.416 e. The third kappa shape index (κ3) is 6.68. The van der Waals surface area contributed by atoms with E-state index in [2.05, 4.69) is 27.6 Å². The highest BCUT2D eigenvalue weighted by Crippen LogP contribution is 2.33. The van der Waals surface area contributed by atoms with Crippen LogP contribution in [0, 0.1) is 0 Å². The van der Waals surface area contributed by atoms with Crippen molar-refractivity contribution in [2.45, 2.75) is 31.9 Å². The molecule has 1 saturated heterocycles. The molecule has 2 heterocycles. The molecule has 0 atom stereocenters. The van der Waals surface area contributed by atoms with E-state index < -0.39 is 11.7 Å². The van der Waals surface area contributed by atoms with Gasteiger partial charge in [-0.25, -0.2) is 0 Å². The van der Waals surface area contributed by atoms with Crippen LogP contribution in [0.5, 0.6) is 0 Å². The molecule has 1 N–H and O–H groups in total. The van der Waals surface area contributed by atoms with E-state index in [1.807, 2.05) is 23.1 Å². The van der Waals surface area contributed by atoms with Gasteiger partial charge in [-0.15, -0.1) is 10.2 Å². The Morgan fingerprint density at radius 1 is 0.943 bits per heavy atom. The lowest BCUT2D eigenvalue weighted by molar-refractivity contribution is -0.137. The summed E-state index contributed by atoms with van der Waals surface area (Å²) >= 11 is 0. The van der Waals surface area contributed by atoms with Crippen LogP contribution in [0.25, 0.3) is 6.08 Å². The van der Waals surface area contributed by atoms with Crippen molar-refractivity contribution < 1.29 is 18.0 Å². The van der Waals surface area contributed by atoms with Crippen LogP contribution < -0.4 is 10.2 Å². The molecule has 0 spiro atoms. The molecule has 2 aromatic carbocycles. The van der Waals surface area contributed by atoms with Gasteiger partial charge in [-0.3, -0.25) is 4.79 Å². The van der Waals surface area contributed by atoms with E-state index in [1.54, 1.807) is 24.3 Å². The zero-order valence-electron chi connectivity index (χ0n) is 19.3. The molecule has 1 amide bonds. The second-order valence-corrected chi connectivity index (χ2v) is 8.50. The molecule has 0 saturated carbocycles. The van der Waals surface area contributed by atoms with Crippen LogP contribution in [0.4, 0.5) is 19.0 Å². The molecular weight excluding hydrogens is 453 g/mol. The molecule has 5 nitrogen and oxygen atoms in total. The Balaban J connectivity index is 1.28. The number of aryl methyl sites for hydroxylation is 1. The number of amides is 1. The molecule has 182 valence electrons. The number of nitrogens with zero attached hydrogens (tertiary/aromatic N) is 3. The van der Waals surface area contributed by atoms with Crippen LogP contribution in [0.1, 0.15) is 46.4 Å². The number of carbonyl (C=O) groups is 1. The lowest BCUT2D eigenvalue weighted by Gasteiger charge is -2.29. The summed E-state index contributed by atoms with van der Waals surface area (Å²) in [6.45, 7) is 1.80. The molecule has 0 radical (unpaired) electrons. The Morgan fingerprint density at radius 3 is 2.34 bits per heavy atom. The molecular formula is C27H27F3N4O. The fourth-order valence-corrected chi connectivity index (χ4v) is 4.11. The van der Waals surface area contributed by atoms with Crippen molar-refractivity contribution in [2.24, 2.45) is 0 Å². The lowest BCUT2D eigenvalue weighted by atomic mass is 9.98. The number of piperidine rings is 1. The average Bonchev–Trinajstić information content (AvgIpc) is 2.87. The first-order valence-corrected chi connectivity index (χ1v) is 11.7. The molecule has 4 rings (SSSR count). The van der Waals surface area contributed by atoms with Crippen LogP contribution >= 0.6 is 0 Å². The first-order valence-electron chi connectivity index (χ1n) is 11.7. The smallest absolute Gasteiger partial charge is 0.354 e. The van der Waals surface area contributed by atoms with E-state index in [4.69, 9.17) is 0 Å². The van der Waals surface area contributed by atoms with Crippen molar-refractivity contribution in [3.05, 3.63) is 94.7 Å². The van der Waals surface area contributed by atoms with Crippen LogP contribution in [-0.2, 0) is 12.6 Å². The Hall–Kier alpha value is -3.68. The Kier molecular flexibility index (Phi) is 7.80. The molecule has 0 bridgehead atoms. The Morgan fingerprint density at radius 2 is 1.66 bits per heavy atom. The molecule has 0 aliphatic carbocycles. The van der Waals surface area contributed by atoms with Gasteiger partial charge in [0.05, 0.1) is 5.56 Å². The maximum Gasteiger partial charge on any atom is 0.416 e. The maximum atomic E-state index is 13.3. The predicted molar refractivity (Wildman–Crippen MR) is 130 cm³/mol. The van der Waals surface area contributed by atoms with Crippen molar-refractivity contribution >= 4 is 17.8 Å². The second kappa shape index (κ2) is 11.2. The first-order chi connectivity index (χ1) is 16.9. The maximum absolute atomic E-state index is 13.3. The number of hydrogen-bond acceptors (Lipinski definition) is 4. The molecule has 1 fully saturated rings. The van der Waals surface area contributed by atoms with Crippen LogP contribution in [0.2, 0.25) is 0 Å². The van der Waals surface area contributed by atoms with E-state index in [0.29, 0.717) is 38.3 Å². The second-order valence-electron chi connectivity index (χ2n) is 8.50. The van der Waals surface area contributed by atoms with E-state index in [-0.39, 0.29) is 17.2 Å². The molecule has 1 aliphatic heterocycles. The van der Waals surface area contributed by atoms with Crippen LogP contribution in [0.15, 0.2) is 72.3 Å². The number of rotatable bonds is 7. The van der Waals surface area contributed by atoms with Crippen molar-refractivity contribution in [1.82, 2.24) is 15.5 Å². The first kappa shape index (κ1) is 24.4. The number of alkyl halides is 3. The Bertz CT molecular complexity index is 1150. The van der Waals surface area contributed by atoms with Gasteiger partial charge in [-0.2, -0.15) is 13.2 Å². The summed E-state index contributed by atoms with van der Waals surface area (Å²) in [6, 6.07) is 19.1. The van der Waals surface area contributed by atoms with Gasteiger partial charge in [-0.05, 0) is 55.0 Å². The average molecular weight is 481 g/mol. The minimum absolute atomic E-state index is 0.197. The summed E-state index contributed by atoms with van der Waals surface area (Å²) in [5.74, 6) is 0.393. The van der Waals surface area contributed by atoms with E-state index >= 15 is 0 Å². The zero-order chi connectivity index (χ0) is 24.7. The number of carbonyl (C=O) groups excluding carboxylic acids is 1. The van der Waals surface area contributed by atoms with E-state index in [9.17, 15) is 18.0 Å². The van der Waals surface area contributed by atoms with Gasteiger partial charge in [0, 0.05) is 19.6 Å². The standard InChI is InChI=1S/C27H27F3N4O/c28-27(29,30)23-11-5-4-10-22(23)19-21-14-17-34(18-15-21)25-13-12-24(32-33-25)26(35)31-16-6-9-20-7-2-1-3-8-20/h1-5,7-8,10-13,19H,6,9,14-18H2,(H,31,35). The summed E-state index contributed by atoms with van der Waals surface area (Å²) < 4.78 is 39.8. The molecule has 0 unspecified atom stereocenters. The van der Waals surface area contributed by atoms with Crippen molar-refractivity contribution in [3.8, 4) is 0 Å². The zero-order valence-corrected chi connectivity index (χ0v) is 19.3. The summed E-state index contributed by atoms with van der Waals surface area (Å²) in [5, 5.41) is 11.1. The van der Waals surface area contributed by atoms with Gasteiger partial charge < -0.3 is 10.2 Å². The molecule has 1 aromatic heterocycles. The van der Waals surface area contributed by atoms with Gasteiger partial charge in [-0.1, -0.05) is 60.2 Å². The fourth-order valence-electron chi connectivity index (χ4n) is 4.11. The number of nitrogens with one attached hydrogen (secondary N) is 1. The third-order valence-corrected chi connectivity index (χ3v) is 6.01. The van der Waals surface area contributed by atoms with Gasteiger partial charge in [0.2, 0.25) is 0 Å². The quantitative estimate of drug-likeness (QED) is 0.451. The highest BCUT2D eigenvalue weighted by molar-refractivity contribution is 5.92. The fraction of sp³-hybridized carbons (Fsp3) is 0.296. The number of anilines is 1. The van der Waals surface area contributed by atoms with Gasteiger partial charge in [0.15, 0.2) is 11.5 Å². The summed E-state index contributed by atoms with van der Waals surface area (Å²) in [5.41, 5.74) is 2.04. The summed E-state index contributed by atoms with van der Waals surface area (Å²) in [6.07, 6.45) is 0.267. The molecule has 8 heteroatoms. The normalized spacial score (nSPS) is 14.0. The van der Waals surface area contributed by atoms with Gasteiger partial charge in [0.25, 0.3) is 5.91 Å². The van der Waals surface area contributed by atoms with Crippen molar-refractivity contribution in [1.29, 1.82) is 0 Å². The third-order valence-electron chi connectivity index (χ3n) is 6.01. The van der Waals surface area contributed by atoms with E-state index in [1.165, 1.54) is 17.7 Å². The molecule has 1 aliphatic rings. The van der Waals surface area contributed by atoms with Gasteiger partial charge >= 0.3 is 6.18 Å².